The van der Waals surface area contributed by atoms with Gasteiger partial charge in [0.15, 0.2) is 0 Å². The average molecular weight is 459 g/mol. The van der Waals surface area contributed by atoms with Crippen LogP contribution in [0.3, 0.4) is 0 Å². The number of aliphatic carboxylic acids is 1. The van der Waals surface area contributed by atoms with E-state index >= 15 is 0 Å². The molecule has 0 aliphatic carbocycles. The molecule has 2 aromatic rings. The van der Waals surface area contributed by atoms with Crippen molar-refractivity contribution in [2.45, 2.75) is 45.4 Å². The van der Waals surface area contributed by atoms with E-state index < -0.39 is 48.3 Å². The molecule has 33 heavy (non-hydrogen) atoms. The van der Waals surface area contributed by atoms with Crippen molar-refractivity contribution in [3.63, 3.8) is 0 Å². The summed E-state index contributed by atoms with van der Waals surface area (Å²) in [6, 6.07) is 13.8. The van der Waals surface area contributed by atoms with E-state index in [0.29, 0.717) is 5.56 Å². The Morgan fingerprint density at radius 1 is 0.879 bits per heavy atom. The number of carbonyl (C=O) groups excluding carboxylic acids is 3. The number of benzene rings is 2. The van der Waals surface area contributed by atoms with Crippen molar-refractivity contribution in [2.75, 3.05) is 0 Å². The number of carbonyl (C=O) groups is 4. The van der Waals surface area contributed by atoms with Crippen LogP contribution in [0.1, 0.15) is 26.3 Å². The van der Waals surface area contributed by atoms with Crippen LogP contribution in [0.15, 0.2) is 54.6 Å². The first-order valence-electron chi connectivity index (χ1n) is 9.79. The number of rotatable bonds is 10. The fourth-order valence-electron chi connectivity index (χ4n) is 2.99. The highest BCUT2D eigenvalue weighted by Crippen LogP contribution is 2.19. The monoisotopic (exact) mass is 459 g/mol. The Hall–Kier alpha value is -3.76. The van der Waals surface area contributed by atoms with Crippen molar-refractivity contribution in [3.05, 3.63) is 60.2 Å². The lowest BCUT2D eigenvalue weighted by Crippen LogP contribution is -2.57. The Labute approximate surface area is 191 Å². The van der Waals surface area contributed by atoms with Crippen molar-refractivity contribution in [3.8, 4) is 11.1 Å². The van der Waals surface area contributed by atoms with Gasteiger partial charge in [0.05, 0.1) is 18.9 Å². The third-order valence-electron chi connectivity index (χ3n) is 4.63. The van der Waals surface area contributed by atoms with E-state index in [-0.39, 0.29) is 13.8 Å². The number of hydrogen-bond acceptors (Lipinski definition) is 6. The van der Waals surface area contributed by atoms with Crippen LogP contribution in [-0.4, -0.2) is 57.3 Å². The van der Waals surface area contributed by atoms with Crippen molar-refractivity contribution in [1.82, 2.24) is 16.1 Å². The number of hydrogen-bond donors (Lipinski definition) is 6. The molecule has 0 aliphatic heterocycles. The summed E-state index contributed by atoms with van der Waals surface area (Å²) in [5.74, 6) is -4.03. The van der Waals surface area contributed by atoms with E-state index in [1.807, 2.05) is 42.5 Å². The van der Waals surface area contributed by atoms with Crippen molar-refractivity contribution >= 4 is 23.7 Å². The van der Waals surface area contributed by atoms with Crippen LogP contribution in [0, 0.1) is 0 Å². The molecule has 0 aromatic heterocycles. The lowest BCUT2D eigenvalue weighted by molar-refractivity contribution is -0.142. The fraction of sp³-hybridized carbons (Fsp3) is 0.304. The number of nitrogens with one attached hydrogen (secondary N) is 3. The maximum atomic E-state index is 12.4. The normalized spacial score (nSPS) is 12.9. The predicted octanol–water partition coefficient (Wildman–Crippen LogP) is 0.863. The quantitative estimate of drug-likeness (QED) is 0.226. The highest BCUT2D eigenvalue weighted by atomic mass is 16.5. The van der Waals surface area contributed by atoms with Gasteiger partial charge in [-0.1, -0.05) is 62.0 Å². The molecule has 10 heteroatoms. The van der Waals surface area contributed by atoms with Crippen LogP contribution in [0.5, 0.6) is 0 Å². The minimum absolute atomic E-state index is 0. The van der Waals surface area contributed by atoms with Crippen LogP contribution >= 0.6 is 0 Å². The number of carboxylic acids is 1. The molecule has 2 aromatic carbocycles. The summed E-state index contributed by atoms with van der Waals surface area (Å²) in [5.41, 5.74) is 3.93. The summed E-state index contributed by atoms with van der Waals surface area (Å²) in [4.78, 5) is 47.6. The van der Waals surface area contributed by atoms with Crippen LogP contribution < -0.4 is 16.1 Å². The molecule has 0 radical (unpaired) electrons. The van der Waals surface area contributed by atoms with Crippen LogP contribution in [0.4, 0.5) is 0 Å². The third kappa shape index (κ3) is 8.36. The van der Waals surface area contributed by atoms with Gasteiger partial charge >= 0.3 is 5.97 Å². The number of hydroxylamine groups is 1. The molecule has 10 nitrogen and oxygen atoms in total. The topological polar surface area (TPSA) is 165 Å². The van der Waals surface area contributed by atoms with Gasteiger partial charge in [-0.2, -0.15) is 0 Å². The van der Waals surface area contributed by atoms with Crippen molar-refractivity contribution < 1.29 is 34.6 Å². The summed E-state index contributed by atoms with van der Waals surface area (Å²) in [6.45, 7) is 1.20. The first-order valence-corrected chi connectivity index (χ1v) is 9.79. The smallest absolute Gasteiger partial charge is 0.305 e. The van der Waals surface area contributed by atoms with Gasteiger partial charge in [0, 0.05) is 0 Å². The summed E-state index contributed by atoms with van der Waals surface area (Å²) < 4.78 is 0. The van der Waals surface area contributed by atoms with E-state index in [9.17, 15) is 24.3 Å². The first kappa shape index (κ1) is 27.3. The molecule has 0 saturated carbocycles. The molecule has 178 valence electrons. The predicted molar refractivity (Wildman–Crippen MR) is 120 cm³/mol. The minimum atomic E-state index is -1.54. The molecule has 0 fully saturated rings. The van der Waals surface area contributed by atoms with E-state index in [1.54, 1.807) is 12.1 Å². The van der Waals surface area contributed by atoms with E-state index in [4.69, 9.17) is 10.3 Å². The highest BCUT2D eigenvalue weighted by Gasteiger charge is 2.30. The Balaban J connectivity index is 0.00000544. The van der Waals surface area contributed by atoms with Gasteiger partial charge in [-0.15, -0.1) is 0 Å². The van der Waals surface area contributed by atoms with Gasteiger partial charge in [0.25, 0.3) is 5.91 Å². The second-order valence-corrected chi connectivity index (χ2v) is 7.16. The zero-order valence-corrected chi connectivity index (χ0v) is 17.3. The lowest BCUT2D eigenvalue weighted by Gasteiger charge is -2.23. The minimum Gasteiger partial charge on any atom is -0.481 e. The van der Waals surface area contributed by atoms with Crippen LogP contribution in [0.2, 0.25) is 0 Å². The Bertz CT molecular complexity index is 946. The van der Waals surface area contributed by atoms with Gasteiger partial charge in [0.1, 0.15) is 12.1 Å². The maximum absolute atomic E-state index is 12.4. The summed E-state index contributed by atoms with van der Waals surface area (Å²) in [6.07, 6.45) is -2.22. The van der Waals surface area contributed by atoms with Gasteiger partial charge in [-0.3, -0.25) is 24.4 Å². The van der Waals surface area contributed by atoms with Gasteiger partial charge in [0.2, 0.25) is 11.8 Å². The zero-order chi connectivity index (χ0) is 23.7. The fourth-order valence-corrected chi connectivity index (χ4v) is 2.99. The average Bonchev–Trinajstić information content (AvgIpc) is 2.76. The van der Waals surface area contributed by atoms with E-state index in [0.717, 1.165) is 11.1 Å². The second-order valence-electron chi connectivity index (χ2n) is 7.16. The van der Waals surface area contributed by atoms with Crippen molar-refractivity contribution in [2.24, 2.45) is 0 Å². The zero-order valence-electron chi connectivity index (χ0n) is 17.3. The molecule has 0 bridgehead atoms. The molecule has 0 unspecified atom stereocenters. The molecule has 3 amide bonds. The molecule has 2 rings (SSSR count). The number of amides is 3. The lowest BCUT2D eigenvalue weighted by atomic mass is 10.0. The Morgan fingerprint density at radius 3 is 1.97 bits per heavy atom. The van der Waals surface area contributed by atoms with E-state index in [2.05, 4.69) is 10.6 Å². The summed E-state index contributed by atoms with van der Waals surface area (Å²) in [5, 5.41) is 31.9. The molecular weight excluding hydrogens is 430 g/mol. The van der Waals surface area contributed by atoms with E-state index in [1.165, 1.54) is 12.4 Å². The molecule has 0 spiro atoms. The van der Waals surface area contributed by atoms with Crippen LogP contribution in [0.25, 0.3) is 11.1 Å². The number of aliphatic hydroxyl groups is 1. The first-order chi connectivity index (χ1) is 15.2. The largest absolute Gasteiger partial charge is 0.481 e. The molecule has 3 atom stereocenters. The van der Waals surface area contributed by atoms with Crippen LogP contribution in [-0.2, 0) is 25.6 Å². The maximum Gasteiger partial charge on any atom is 0.305 e. The third-order valence-corrected chi connectivity index (χ3v) is 4.63. The molecule has 0 saturated heterocycles. The number of aliphatic hydroxyl groups excluding tert-OH is 1. The molecule has 0 heterocycles. The standard InChI is InChI=1S/C22H25N3O7.CH4/c1-13(26)20(22(31)25-32)24-21(30)17(12-19(28)29)23-18(27)11-14-7-9-16(10-8-14)15-5-3-2-4-6-15;/h2-10,13,17,20,26,32H,11-12H2,1H3,(H,23,27)(H,24,30)(H,25,31)(H,28,29);1H4/t13-,17+,20+;/m1./s1. The van der Waals surface area contributed by atoms with Crippen molar-refractivity contribution in [1.29, 1.82) is 0 Å². The highest BCUT2D eigenvalue weighted by molar-refractivity contribution is 5.94. The summed E-state index contributed by atoms with van der Waals surface area (Å²) in [7, 11) is 0. The Morgan fingerprint density at radius 2 is 1.45 bits per heavy atom. The molecular formula is C23H29N3O7. The van der Waals surface area contributed by atoms with Gasteiger partial charge < -0.3 is 20.8 Å². The van der Waals surface area contributed by atoms with Gasteiger partial charge in [-0.05, 0) is 23.6 Å². The molecule has 6 N–H and O–H groups in total. The SMILES string of the molecule is C.C[C@@H](O)[C@H](NC(=O)[C@H](CC(=O)O)NC(=O)Cc1ccc(-c2ccccc2)cc1)C(=O)NO. The molecule has 0 aliphatic rings. The number of carboxylic acid groups (broad SMARTS) is 1. The second kappa shape index (κ2) is 12.9. The summed E-state index contributed by atoms with van der Waals surface area (Å²) >= 11 is 0. The van der Waals surface area contributed by atoms with Gasteiger partial charge in [-0.25, -0.2) is 5.48 Å². The Kier molecular flexibility index (Phi) is 10.7.